The van der Waals surface area contributed by atoms with Crippen LogP contribution < -0.4 is 4.74 Å². The van der Waals surface area contributed by atoms with Crippen LogP contribution in [0.5, 0.6) is 5.75 Å². The normalized spacial score (nSPS) is 11.6. The number of aromatic nitrogens is 3. The molecular formula is C20H17N3O3S. The fourth-order valence-electron chi connectivity index (χ4n) is 3.01. The van der Waals surface area contributed by atoms with Crippen molar-refractivity contribution in [2.24, 2.45) is 0 Å². The Morgan fingerprint density at radius 1 is 0.963 bits per heavy atom. The number of rotatable bonds is 4. The summed E-state index contributed by atoms with van der Waals surface area (Å²) in [7, 11) is -1.75. The lowest BCUT2D eigenvalue weighted by molar-refractivity contribution is 0.415. The molecule has 0 aliphatic rings. The van der Waals surface area contributed by atoms with Crippen molar-refractivity contribution in [3.8, 4) is 22.8 Å². The minimum Gasteiger partial charge on any atom is -0.497 e. The first-order chi connectivity index (χ1) is 13.0. The molecule has 0 N–H and O–H groups in total. The maximum Gasteiger partial charge on any atom is 0.234 e. The lowest BCUT2D eigenvalue weighted by atomic mass is 10.1. The molecule has 2 aromatic heterocycles. The number of hydrogen-bond acceptors (Lipinski definition) is 5. The number of fused-ring (bicyclic) bond motifs is 1. The van der Waals surface area contributed by atoms with E-state index in [1.54, 1.807) is 36.3 Å². The maximum atomic E-state index is 12.1. The van der Waals surface area contributed by atoms with Gasteiger partial charge in [0.2, 0.25) is 5.95 Å². The number of benzene rings is 2. The number of methoxy groups -OCH3 is 1. The summed E-state index contributed by atoms with van der Waals surface area (Å²) in [6.45, 7) is 0. The highest BCUT2D eigenvalue weighted by atomic mass is 32.2. The van der Waals surface area contributed by atoms with Crippen molar-refractivity contribution in [3.63, 3.8) is 0 Å². The molecule has 136 valence electrons. The van der Waals surface area contributed by atoms with Gasteiger partial charge >= 0.3 is 0 Å². The van der Waals surface area contributed by atoms with Crippen molar-refractivity contribution >= 4 is 20.7 Å². The van der Waals surface area contributed by atoms with Gasteiger partial charge in [-0.15, -0.1) is 0 Å². The number of para-hydroxylation sites is 1. The molecule has 0 amide bonds. The van der Waals surface area contributed by atoms with Gasteiger partial charge in [0.15, 0.2) is 9.84 Å². The summed E-state index contributed by atoms with van der Waals surface area (Å²) in [6, 6.07) is 14.9. The SMILES string of the molecule is COc1cccc(-c2cnc(-n3cc(S(C)(=O)=O)c4ccccc43)nc2)c1. The van der Waals surface area contributed by atoms with Crippen LogP contribution in [-0.4, -0.2) is 36.3 Å². The molecule has 2 heterocycles. The summed E-state index contributed by atoms with van der Waals surface area (Å²) in [6.07, 6.45) is 6.20. The van der Waals surface area contributed by atoms with Gasteiger partial charge in [-0.05, 0) is 23.8 Å². The zero-order valence-corrected chi connectivity index (χ0v) is 15.6. The number of hydrogen-bond donors (Lipinski definition) is 0. The van der Waals surface area contributed by atoms with Crippen LogP contribution in [0.4, 0.5) is 0 Å². The van der Waals surface area contributed by atoms with Crippen LogP contribution in [0.25, 0.3) is 28.0 Å². The summed E-state index contributed by atoms with van der Waals surface area (Å²) >= 11 is 0. The van der Waals surface area contributed by atoms with Crippen LogP contribution in [0, 0.1) is 0 Å². The van der Waals surface area contributed by atoms with E-state index >= 15 is 0 Å². The van der Waals surface area contributed by atoms with Crippen LogP contribution in [0.15, 0.2) is 72.0 Å². The highest BCUT2D eigenvalue weighted by Crippen LogP contribution is 2.28. The van der Waals surface area contributed by atoms with Gasteiger partial charge < -0.3 is 4.74 Å². The number of sulfone groups is 1. The van der Waals surface area contributed by atoms with Gasteiger partial charge in [0.25, 0.3) is 0 Å². The van der Waals surface area contributed by atoms with Gasteiger partial charge in [0.05, 0.1) is 17.5 Å². The van der Waals surface area contributed by atoms with Gasteiger partial charge in [-0.1, -0.05) is 30.3 Å². The first-order valence-electron chi connectivity index (χ1n) is 8.24. The van der Waals surface area contributed by atoms with E-state index in [2.05, 4.69) is 9.97 Å². The zero-order chi connectivity index (χ0) is 19.0. The Morgan fingerprint density at radius 3 is 2.41 bits per heavy atom. The van der Waals surface area contributed by atoms with E-state index in [4.69, 9.17) is 4.74 Å². The third-order valence-electron chi connectivity index (χ3n) is 4.33. The molecule has 0 spiro atoms. The predicted octanol–water partition coefficient (Wildman–Crippen LogP) is 3.50. The topological polar surface area (TPSA) is 74.1 Å². The second-order valence-electron chi connectivity index (χ2n) is 6.16. The highest BCUT2D eigenvalue weighted by Gasteiger charge is 2.18. The van der Waals surface area contributed by atoms with Crippen LogP contribution in [0.3, 0.4) is 0 Å². The molecule has 6 nitrogen and oxygen atoms in total. The van der Waals surface area contributed by atoms with E-state index in [1.807, 2.05) is 42.5 Å². The summed E-state index contributed by atoms with van der Waals surface area (Å²) in [5.74, 6) is 1.17. The molecule has 0 atom stereocenters. The van der Waals surface area contributed by atoms with Gasteiger partial charge in [-0.2, -0.15) is 0 Å². The summed E-state index contributed by atoms with van der Waals surface area (Å²) in [5, 5.41) is 0.653. The van der Waals surface area contributed by atoms with Crippen molar-refractivity contribution in [2.75, 3.05) is 13.4 Å². The lowest BCUT2D eigenvalue weighted by Crippen LogP contribution is -2.00. The first-order valence-corrected chi connectivity index (χ1v) is 10.1. The van der Waals surface area contributed by atoms with Gasteiger partial charge in [0, 0.05) is 35.8 Å². The zero-order valence-electron chi connectivity index (χ0n) is 14.8. The van der Waals surface area contributed by atoms with E-state index in [9.17, 15) is 8.42 Å². The maximum absolute atomic E-state index is 12.1. The molecule has 4 aromatic rings. The lowest BCUT2D eigenvalue weighted by Gasteiger charge is -2.06. The van der Waals surface area contributed by atoms with E-state index in [0.717, 1.165) is 22.4 Å². The number of nitrogens with zero attached hydrogens (tertiary/aromatic N) is 3. The van der Waals surface area contributed by atoms with Gasteiger partial charge in [-0.3, -0.25) is 4.57 Å². The minimum absolute atomic E-state index is 0.263. The van der Waals surface area contributed by atoms with Gasteiger partial charge in [0.1, 0.15) is 5.75 Å². The number of ether oxygens (including phenoxy) is 1. The second kappa shape index (κ2) is 6.51. The molecule has 0 aliphatic carbocycles. The van der Waals surface area contributed by atoms with Crippen LogP contribution in [0.2, 0.25) is 0 Å². The van der Waals surface area contributed by atoms with E-state index in [0.29, 0.717) is 11.3 Å². The molecule has 0 aliphatic heterocycles. The first kappa shape index (κ1) is 17.2. The quantitative estimate of drug-likeness (QED) is 0.543. The molecule has 7 heteroatoms. The minimum atomic E-state index is -3.37. The van der Waals surface area contributed by atoms with E-state index in [1.165, 1.54) is 6.26 Å². The molecule has 2 aromatic carbocycles. The molecule has 27 heavy (non-hydrogen) atoms. The van der Waals surface area contributed by atoms with E-state index in [-0.39, 0.29) is 4.90 Å². The summed E-state index contributed by atoms with van der Waals surface area (Å²) < 4.78 is 31.2. The predicted molar refractivity (Wildman–Crippen MR) is 104 cm³/mol. The van der Waals surface area contributed by atoms with Crippen LogP contribution >= 0.6 is 0 Å². The van der Waals surface area contributed by atoms with Crippen molar-refractivity contribution in [1.82, 2.24) is 14.5 Å². The third kappa shape index (κ3) is 3.17. The molecule has 0 unspecified atom stereocenters. The monoisotopic (exact) mass is 379 g/mol. The fraction of sp³-hybridized carbons (Fsp3) is 0.100. The highest BCUT2D eigenvalue weighted by molar-refractivity contribution is 7.91. The Hall–Kier alpha value is -3.19. The smallest absolute Gasteiger partial charge is 0.234 e. The molecule has 0 bridgehead atoms. The molecule has 0 saturated carbocycles. The molecule has 0 fully saturated rings. The standard InChI is InChI=1S/C20H17N3O3S/c1-26-16-7-5-6-14(10-16)15-11-21-20(22-12-15)23-13-19(27(2,24)25)17-8-3-4-9-18(17)23/h3-13H,1-2H3. The van der Waals surface area contributed by atoms with Crippen LogP contribution in [-0.2, 0) is 9.84 Å². The average Bonchev–Trinajstić information content (AvgIpc) is 3.08. The molecule has 0 saturated heterocycles. The van der Waals surface area contributed by atoms with Crippen molar-refractivity contribution in [3.05, 3.63) is 67.1 Å². The van der Waals surface area contributed by atoms with Crippen LogP contribution in [0.1, 0.15) is 0 Å². The Morgan fingerprint density at radius 2 is 1.70 bits per heavy atom. The Bertz CT molecular complexity index is 1230. The Balaban J connectivity index is 1.81. The summed E-state index contributed by atoms with van der Waals surface area (Å²) in [4.78, 5) is 9.15. The van der Waals surface area contributed by atoms with Crippen molar-refractivity contribution in [2.45, 2.75) is 4.90 Å². The second-order valence-corrected chi connectivity index (χ2v) is 8.14. The fourth-order valence-corrected chi connectivity index (χ4v) is 3.88. The van der Waals surface area contributed by atoms with E-state index < -0.39 is 9.84 Å². The average molecular weight is 379 g/mol. The third-order valence-corrected chi connectivity index (χ3v) is 5.46. The molecule has 4 rings (SSSR count). The molecular weight excluding hydrogens is 362 g/mol. The van der Waals surface area contributed by atoms with Crippen molar-refractivity contribution < 1.29 is 13.2 Å². The van der Waals surface area contributed by atoms with Gasteiger partial charge in [-0.25, -0.2) is 18.4 Å². The Labute approximate surface area is 157 Å². The Kier molecular flexibility index (Phi) is 4.16. The largest absolute Gasteiger partial charge is 0.497 e. The summed E-state index contributed by atoms with van der Waals surface area (Å²) in [5.41, 5.74) is 2.53. The van der Waals surface area contributed by atoms with Crippen molar-refractivity contribution in [1.29, 1.82) is 0 Å². The molecule has 0 radical (unpaired) electrons.